The monoisotopic (exact) mass is 302 g/mol. The molecule has 1 aliphatic heterocycles. The number of imidazole rings is 1. The van der Waals surface area contributed by atoms with E-state index in [9.17, 15) is 14.4 Å². The molecule has 2 aromatic rings. The number of nitrogens with zero attached hydrogens (tertiary/aromatic N) is 1. The van der Waals surface area contributed by atoms with Crippen molar-refractivity contribution < 1.29 is 9.59 Å². The van der Waals surface area contributed by atoms with Crippen LogP contribution in [0, 0.1) is 5.92 Å². The molecule has 0 radical (unpaired) electrons. The Kier molecular flexibility index (Phi) is 3.81. The van der Waals surface area contributed by atoms with E-state index in [1.165, 1.54) is 0 Å². The van der Waals surface area contributed by atoms with Crippen LogP contribution in [0.3, 0.4) is 0 Å². The van der Waals surface area contributed by atoms with Crippen LogP contribution in [0.25, 0.3) is 11.0 Å². The van der Waals surface area contributed by atoms with Crippen LogP contribution < -0.4 is 11.4 Å². The number of rotatable bonds is 4. The SMILES string of the molecule is NC(=O)C1CCN(CC(=O)c2ccc3[nH]c(=O)[nH]c3c2)CC1. The zero-order chi connectivity index (χ0) is 15.7. The van der Waals surface area contributed by atoms with Gasteiger partial charge in [0.05, 0.1) is 17.6 Å². The molecule has 2 heterocycles. The molecule has 0 aliphatic carbocycles. The van der Waals surface area contributed by atoms with E-state index in [0.29, 0.717) is 49.1 Å². The third-order valence-corrected chi connectivity index (χ3v) is 4.20. The Balaban J connectivity index is 1.66. The summed E-state index contributed by atoms with van der Waals surface area (Å²) in [5.41, 5.74) is 6.90. The van der Waals surface area contributed by atoms with Crippen molar-refractivity contribution in [3.8, 4) is 0 Å². The number of likely N-dealkylation sites (tertiary alicyclic amines) is 1. The Labute approximate surface area is 126 Å². The predicted molar refractivity (Wildman–Crippen MR) is 81.6 cm³/mol. The minimum atomic E-state index is -0.284. The number of Topliss-reactive ketones (excluding diaryl/α,β-unsaturated/α-hetero) is 1. The average molecular weight is 302 g/mol. The first-order chi connectivity index (χ1) is 10.5. The van der Waals surface area contributed by atoms with E-state index in [1.54, 1.807) is 18.2 Å². The largest absolute Gasteiger partial charge is 0.369 e. The number of aromatic amines is 2. The number of aromatic nitrogens is 2. The maximum Gasteiger partial charge on any atom is 0.323 e. The zero-order valence-electron chi connectivity index (χ0n) is 12.1. The molecule has 7 heteroatoms. The summed E-state index contributed by atoms with van der Waals surface area (Å²) in [4.78, 5) is 42.0. The van der Waals surface area contributed by atoms with Gasteiger partial charge >= 0.3 is 5.69 Å². The second kappa shape index (κ2) is 5.76. The van der Waals surface area contributed by atoms with Gasteiger partial charge in [0, 0.05) is 11.5 Å². The molecule has 1 saturated heterocycles. The standard InChI is InChI=1S/C15H18N4O3/c16-14(21)9-3-5-19(6-4-9)8-13(20)10-1-2-11-12(7-10)18-15(22)17-11/h1-2,7,9H,3-6,8H2,(H2,16,21)(H2,17,18,22). The van der Waals surface area contributed by atoms with Gasteiger partial charge in [-0.25, -0.2) is 4.79 Å². The molecule has 0 unspecified atom stereocenters. The fraction of sp³-hybridized carbons (Fsp3) is 0.400. The molecule has 1 fully saturated rings. The van der Waals surface area contributed by atoms with Crippen molar-refractivity contribution in [2.24, 2.45) is 11.7 Å². The third-order valence-electron chi connectivity index (χ3n) is 4.20. The third kappa shape index (κ3) is 2.94. The summed E-state index contributed by atoms with van der Waals surface area (Å²) < 4.78 is 0. The van der Waals surface area contributed by atoms with E-state index in [1.807, 2.05) is 4.90 Å². The van der Waals surface area contributed by atoms with Crippen molar-refractivity contribution in [2.45, 2.75) is 12.8 Å². The fourth-order valence-corrected chi connectivity index (χ4v) is 2.88. The molecule has 0 spiro atoms. The molecule has 1 amide bonds. The number of primary amides is 1. The Bertz CT molecular complexity index is 768. The molecule has 0 atom stereocenters. The number of fused-ring (bicyclic) bond motifs is 1. The lowest BCUT2D eigenvalue weighted by atomic mass is 9.96. The van der Waals surface area contributed by atoms with E-state index in [4.69, 9.17) is 5.73 Å². The molecule has 0 saturated carbocycles. The summed E-state index contributed by atoms with van der Waals surface area (Å²) in [6, 6.07) is 5.12. The first-order valence-corrected chi connectivity index (χ1v) is 7.30. The number of nitrogens with two attached hydrogens (primary N) is 1. The number of amides is 1. The minimum Gasteiger partial charge on any atom is -0.369 e. The first-order valence-electron chi connectivity index (χ1n) is 7.30. The summed E-state index contributed by atoms with van der Waals surface area (Å²) >= 11 is 0. The van der Waals surface area contributed by atoms with Crippen molar-refractivity contribution in [2.75, 3.05) is 19.6 Å². The van der Waals surface area contributed by atoms with Gasteiger partial charge in [0.2, 0.25) is 5.91 Å². The highest BCUT2D eigenvalue weighted by Crippen LogP contribution is 2.17. The number of benzene rings is 1. The zero-order valence-corrected chi connectivity index (χ0v) is 12.1. The summed E-state index contributed by atoms with van der Waals surface area (Å²) in [7, 11) is 0. The second-order valence-electron chi connectivity index (χ2n) is 5.72. The number of H-pyrrole nitrogens is 2. The molecule has 22 heavy (non-hydrogen) atoms. The van der Waals surface area contributed by atoms with Gasteiger partial charge in [-0.05, 0) is 44.1 Å². The maximum atomic E-state index is 12.3. The minimum absolute atomic E-state index is 0.00136. The van der Waals surface area contributed by atoms with Gasteiger partial charge in [0.15, 0.2) is 5.78 Å². The molecule has 4 N–H and O–H groups in total. The maximum absolute atomic E-state index is 12.3. The lowest BCUT2D eigenvalue weighted by molar-refractivity contribution is -0.123. The molecule has 3 rings (SSSR count). The number of piperidine rings is 1. The normalized spacial score (nSPS) is 16.9. The fourth-order valence-electron chi connectivity index (χ4n) is 2.88. The van der Waals surface area contributed by atoms with Gasteiger partial charge in [-0.2, -0.15) is 0 Å². The summed E-state index contributed by atoms with van der Waals surface area (Å²) in [6.07, 6.45) is 1.40. The van der Waals surface area contributed by atoms with Gasteiger partial charge in [-0.3, -0.25) is 14.5 Å². The molecule has 1 aliphatic rings. The highest BCUT2D eigenvalue weighted by atomic mass is 16.1. The lowest BCUT2D eigenvalue weighted by Gasteiger charge is -2.29. The first kappa shape index (κ1) is 14.5. The van der Waals surface area contributed by atoms with Crippen LogP contribution in [0.1, 0.15) is 23.2 Å². The van der Waals surface area contributed by atoms with Crippen molar-refractivity contribution in [1.29, 1.82) is 0 Å². The molecule has 1 aromatic heterocycles. The van der Waals surface area contributed by atoms with E-state index < -0.39 is 0 Å². The molecule has 0 bridgehead atoms. The molecule has 1 aromatic carbocycles. The van der Waals surface area contributed by atoms with Crippen LogP contribution in [-0.2, 0) is 4.79 Å². The van der Waals surface area contributed by atoms with Gasteiger partial charge in [-0.1, -0.05) is 0 Å². The van der Waals surface area contributed by atoms with Gasteiger partial charge in [0.1, 0.15) is 0 Å². The van der Waals surface area contributed by atoms with E-state index >= 15 is 0 Å². The predicted octanol–water partition coefficient (Wildman–Crippen LogP) is 0.236. The van der Waals surface area contributed by atoms with Gasteiger partial charge < -0.3 is 15.7 Å². The van der Waals surface area contributed by atoms with Gasteiger partial charge in [0.25, 0.3) is 0 Å². The van der Waals surface area contributed by atoms with Crippen molar-refractivity contribution in [3.63, 3.8) is 0 Å². The van der Waals surface area contributed by atoms with E-state index in [-0.39, 0.29) is 23.3 Å². The quantitative estimate of drug-likeness (QED) is 0.702. The number of nitrogens with one attached hydrogen (secondary N) is 2. The van der Waals surface area contributed by atoms with Crippen LogP contribution in [0.4, 0.5) is 0 Å². The number of ketones is 1. The number of carbonyl (C=O) groups is 2. The van der Waals surface area contributed by atoms with Crippen molar-refractivity contribution >= 4 is 22.7 Å². The highest BCUT2D eigenvalue weighted by Gasteiger charge is 2.24. The number of hydrogen-bond acceptors (Lipinski definition) is 4. The van der Waals surface area contributed by atoms with E-state index in [2.05, 4.69) is 9.97 Å². The number of carbonyl (C=O) groups excluding carboxylic acids is 2. The Morgan fingerprint density at radius 2 is 1.86 bits per heavy atom. The second-order valence-corrected chi connectivity index (χ2v) is 5.72. The summed E-state index contributed by atoms with van der Waals surface area (Å²) in [5.74, 6) is -0.332. The topological polar surface area (TPSA) is 112 Å². The smallest absolute Gasteiger partial charge is 0.323 e. The Hall–Kier alpha value is -2.41. The Morgan fingerprint density at radius 1 is 1.18 bits per heavy atom. The van der Waals surface area contributed by atoms with Crippen LogP contribution >= 0.6 is 0 Å². The van der Waals surface area contributed by atoms with Crippen LogP contribution in [0.15, 0.2) is 23.0 Å². The highest BCUT2D eigenvalue weighted by molar-refractivity contribution is 6.00. The Morgan fingerprint density at radius 3 is 2.55 bits per heavy atom. The van der Waals surface area contributed by atoms with Gasteiger partial charge in [-0.15, -0.1) is 0 Å². The van der Waals surface area contributed by atoms with E-state index in [0.717, 1.165) is 0 Å². The van der Waals surface area contributed by atoms with Crippen LogP contribution in [0.5, 0.6) is 0 Å². The molecule has 7 nitrogen and oxygen atoms in total. The van der Waals surface area contributed by atoms with Crippen LogP contribution in [-0.4, -0.2) is 46.2 Å². The van der Waals surface area contributed by atoms with Crippen molar-refractivity contribution in [1.82, 2.24) is 14.9 Å². The molecular formula is C15H18N4O3. The average Bonchev–Trinajstić information content (AvgIpc) is 2.86. The summed E-state index contributed by atoms with van der Waals surface area (Å²) in [6.45, 7) is 1.71. The lowest BCUT2D eigenvalue weighted by Crippen LogP contribution is -2.40. The molecule has 116 valence electrons. The number of hydrogen-bond donors (Lipinski definition) is 3. The molecular weight excluding hydrogens is 284 g/mol. The van der Waals surface area contributed by atoms with Crippen molar-refractivity contribution in [3.05, 3.63) is 34.2 Å². The summed E-state index contributed by atoms with van der Waals surface area (Å²) in [5, 5.41) is 0. The van der Waals surface area contributed by atoms with Crippen LogP contribution in [0.2, 0.25) is 0 Å².